The average Bonchev–Trinajstić information content (AvgIpc) is 3.07. The molecule has 0 aliphatic rings. The van der Waals surface area contributed by atoms with Crippen molar-refractivity contribution in [3.63, 3.8) is 0 Å². The Balaban J connectivity index is 1.26. The lowest BCUT2D eigenvalue weighted by atomic mass is 10.2. The van der Waals surface area contributed by atoms with Crippen LogP contribution in [0.15, 0.2) is 61.7 Å². The van der Waals surface area contributed by atoms with Crippen molar-refractivity contribution in [2.75, 3.05) is 13.2 Å². The van der Waals surface area contributed by atoms with E-state index in [1.165, 1.54) is 60.7 Å². The molecule has 12 heteroatoms. The second kappa shape index (κ2) is 15.3. The van der Waals surface area contributed by atoms with Crippen molar-refractivity contribution in [1.29, 1.82) is 0 Å². The Morgan fingerprint density at radius 2 is 0.696 bits per heavy atom. The molecule has 0 heterocycles. The summed E-state index contributed by atoms with van der Waals surface area (Å²) in [5, 5.41) is 0. The topological polar surface area (TPSA) is 36.9 Å². The predicted molar refractivity (Wildman–Crippen MR) is 155 cm³/mol. The number of hydrogen-bond acceptors (Lipinski definition) is 4. The first kappa shape index (κ1) is 33.9. The lowest BCUT2D eigenvalue weighted by Gasteiger charge is -2.14. The molecule has 0 saturated carbocycles. The molecule has 0 radical (unpaired) electrons. The van der Waals surface area contributed by atoms with Gasteiger partial charge >= 0.3 is 0 Å². The van der Waals surface area contributed by atoms with Crippen molar-refractivity contribution in [2.24, 2.45) is 0 Å². The summed E-state index contributed by atoms with van der Waals surface area (Å²) in [6.07, 6.45) is 3.98. The quantitative estimate of drug-likeness (QED) is 0.0729. The molecule has 0 amide bonds. The van der Waals surface area contributed by atoms with Crippen molar-refractivity contribution in [3.05, 3.63) is 119 Å². The maximum Gasteiger partial charge on any atom is 0.208 e. The Morgan fingerprint density at radius 3 is 0.978 bits per heavy atom. The van der Waals surface area contributed by atoms with Crippen LogP contribution in [0.1, 0.15) is 36.8 Å². The monoisotopic (exact) mass is 650 g/mol. The largest absolute Gasteiger partial charge is 0.487 e. The summed E-state index contributed by atoms with van der Waals surface area (Å²) in [4.78, 5) is 0. The molecule has 4 aromatic carbocycles. The molecule has 0 saturated heterocycles. The molecule has 4 rings (SSSR count). The van der Waals surface area contributed by atoms with Gasteiger partial charge in [-0.2, -0.15) is 35.1 Å². The number of benzene rings is 4. The van der Waals surface area contributed by atoms with E-state index in [-0.39, 0.29) is 37.6 Å². The minimum Gasteiger partial charge on any atom is -0.487 e. The molecule has 0 unspecified atom stereocenters. The minimum absolute atomic E-state index is 0.0718. The van der Waals surface area contributed by atoms with E-state index in [1.54, 1.807) is 0 Å². The summed E-state index contributed by atoms with van der Waals surface area (Å²) in [5.41, 5.74) is 1.36. The fourth-order valence-electron chi connectivity index (χ4n) is 4.10. The van der Waals surface area contributed by atoms with E-state index < -0.39 is 69.5 Å². The minimum atomic E-state index is -1.78. The first-order chi connectivity index (χ1) is 22.1. The average molecular weight is 651 g/mol. The Hall–Kier alpha value is -5.00. The number of hydrogen-bond donors (Lipinski definition) is 0. The fraction of sp³-hybridized carbons (Fsp3) is 0.176. The van der Waals surface area contributed by atoms with Crippen LogP contribution in [0.3, 0.4) is 0 Å². The molecule has 4 nitrogen and oxygen atoms in total. The Labute approximate surface area is 259 Å². The van der Waals surface area contributed by atoms with Gasteiger partial charge in [-0.05, 0) is 61.1 Å². The first-order valence-electron chi connectivity index (χ1n) is 13.9. The molecule has 0 spiro atoms. The van der Waals surface area contributed by atoms with E-state index in [1.807, 2.05) is 0 Å². The van der Waals surface area contributed by atoms with Gasteiger partial charge in [-0.15, -0.1) is 0 Å². The molecule has 242 valence electrons. The Kier molecular flexibility index (Phi) is 11.3. The van der Waals surface area contributed by atoms with Crippen LogP contribution in [-0.2, 0) is 0 Å². The molecule has 0 N–H and O–H groups in total. The number of rotatable bonds is 15. The third kappa shape index (κ3) is 7.61. The lowest BCUT2D eigenvalue weighted by molar-refractivity contribution is 0.246. The first-order valence-corrected chi connectivity index (χ1v) is 13.9. The number of unbranched alkanes of at least 4 members (excludes halogenated alkanes) is 3. The molecule has 0 bridgehead atoms. The second-order valence-electron chi connectivity index (χ2n) is 9.69. The van der Waals surface area contributed by atoms with Crippen molar-refractivity contribution < 1.29 is 54.1 Å². The number of ether oxygens (including phenoxy) is 4. The highest BCUT2D eigenvalue weighted by Crippen LogP contribution is 2.38. The second-order valence-corrected chi connectivity index (χ2v) is 9.69. The smallest absolute Gasteiger partial charge is 0.208 e. The summed E-state index contributed by atoms with van der Waals surface area (Å²) in [7, 11) is 0. The Morgan fingerprint density at radius 1 is 0.413 bits per heavy atom. The lowest BCUT2D eigenvalue weighted by Crippen LogP contribution is -2.08. The van der Waals surface area contributed by atoms with Gasteiger partial charge in [-0.1, -0.05) is 49.6 Å². The fourth-order valence-corrected chi connectivity index (χ4v) is 4.10. The van der Waals surface area contributed by atoms with Crippen molar-refractivity contribution in [1.82, 2.24) is 0 Å². The van der Waals surface area contributed by atoms with Crippen LogP contribution in [0.2, 0.25) is 0 Å². The highest BCUT2D eigenvalue weighted by Gasteiger charge is 2.30. The van der Waals surface area contributed by atoms with Gasteiger partial charge in [0, 0.05) is 0 Å². The molecular weight excluding hydrogens is 624 g/mol. The van der Waals surface area contributed by atoms with E-state index in [4.69, 9.17) is 18.9 Å². The van der Waals surface area contributed by atoms with Gasteiger partial charge in [0.15, 0.2) is 11.5 Å². The molecule has 0 aromatic heterocycles. The van der Waals surface area contributed by atoms with E-state index >= 15 is 0 Å². The van der Waals surface area contributed by atoms with Crippen LogP contribution in [0.5, 0.6) is 34.5 Å². The van der Waals surface area contributed by atoms with Crippen LogP contribution in [0, 0.1) is 46.5 Å². The molecule has 0 fully saturated rings. The van der Waals surface area contributed by atoms with E-state index in [9.17, 15) is 35.1 Å². The normalized spacial score (nSPS) is 10.9. The molecule has 4 aromatic rings. The van der Waals surface area contributed by atoms with Crippen LogP contribution in [-0.4, -0.2) is 13.2 Å². The van der Waals surface area contributed by atoms with Gasteiger partial charge in [-0.3, -0.25) is 0 Å². The molecule has 46 heavy (non-hydrogen) atoms. The van der Waals surface area contributed by atoms with E-state index in [0.717, 1.165) is 0 Å². The van der Waals surface area contributed by atoms with Gasteiger partial charge in [0.25, 0.3) is 0 Å². The Bertz CT molecular complexity index is 1520. The highest BCUT2D eigenvalue weighted by molar-refractivity contribution is 5.50. The summed E-state index contributed by atoms with van der Waals surface area (Å²) >= 11 is 0. The van der Waals surface area contributed by atoms with Crippen LogP contribution < -0.4 is 18.9 Å². The highest BCUT2D eigenvalue weighted by atomic mass is 19.2. The summed E-state index contributed by atoms with van der Waals surface area (Å²) < 4.78 is 136. The van der Waals surface area contributed by atoms with Crippen LogP contribution >= 0.6 is 0 Å². The van der Waals surface area contributed by atoms with Gasteiger partial charge in [0.2, 0.25) is 58.0 Å². The van der Waals surface area contributed by atoms with E-state index in [0.29, 0.717) is 24.0 Å². The predicted octanol–water partition coefficient (Wildman–Crippen LogP) is 10.7. The maximum atomic E-state index is 14.5. The summed E-state index contributed by atoms with van der Waals surface area (Å²) in [5.74, 6) is -19.5. The van der Waals surface area contributed by atoms with Gasteiger partial charge in [0.05, 0.1) is 13.2 Å². The van der Waals surface area contributed by atoms with Crippen LogP contribution in [0.4, 0.5) is 35.1 Å². The van der Waals surface area contributed by atoms with Crippen molar-refractivity contribution in [3.8, 4) is 34.5 Å². The zero-order chi connectivity index (χ0) is 33.4. The van der Waals surface area contributed by atoms with Gasteiger partial charge in [0.1, 0.15) is 11.5 Å². The molecule has 0 aliphatic carbocycles. The standard InChI is InChI=1S/C34H26F8O4/c1-3-19-9-13-21(14-10-19)45-33-27(39)23(35)31(24(36)28(33)40)43-17-7-5-6-8-18-44-32-25(37)29(41)34(30(42)26(32)38)46-22-15-11-20(4-2)12-16-22/h3-4,9-16H,1-2,5-8,17-18H2. The zero-order valence-corrected chi connectivity index (χ0v) is 24.1. The summed E-state index contributed by atoms with van der Waals surface area (Å²) in [6.45, 7) is 6.44. The van der Waals surface area contributed by atoms with Gasteiger partial charge < -0.3 is 18.9 Å². The summed E-state index contributed by atoms with van der Waals surface area (Å²) in [6, 6.07) is 11.4. The number of halogens is 8. The zero-order valence-electron chi connectivity index (χ0n) is 24.1. The molecule has 0 aliphatic heterocycles. The van der Waals surface area contributed by atoms with Crippen molar-refractivity contribution in [2.45, 2.75) is 25.7 Å². The van der Waals surface area contributed by atoms with E-state index in [2.05, 4.69) is 13.2 Å². The third-order valence-electron chi connectivity index (χ3n) is 6.57. The van der Waals surface area contributed by atoms with Gasteiger partial charge in [-0.25, -0.2) is 0 Å². The molecule has 0 atom stereocenters. The SMILES string of the molecule is C=Cc1ccc(Oc2c(F)c(F)c(OCCCCCCOc3c(F)c(F)c(Oc4ccc(C=C)cc4)c(F)c3F)c(F)c2F)cc1. The molecular formula is C34H26F8O4. The van der Waals surface area contributed by atoms with Crippen LogP contribution in [0.25, 0.3) is 12.2 Å². The third-order valence-corrected chi connectivity index (χ3v) is 6.57. The van der Waals surface area contributed by atoms with Crippen molar-refractivity contribution >= 4 is 12.2 Å². The maximum absolute atomic E-state index is 14.5.